The summed E-state index contributed by atoms with van der Waals surface area (Å²) in [6.07, 6.45) is 0.544. The van der Waals surface area contributed by atoms with Gasteiger partial charge in [-0.15, -0.1) is 0 Å². The average Bonchev–Trinajstić information content (AvgIpc) is 2.99. The fourth-order valence-corrected chi connectivity index (χ4v) is 3.04. The number of nitrogens with one attached hydrogen (secondary N) is 3. The second-order valence-corrected chi connectivity index (χ2v) is 7.26. The van der Waals surface area contributed by atoms with E-state index >= 15 is 0 Å². The molecule has 2 aromatic rings. The van der Waals surface area contributed by atoms with Gasteiger partial charge in [0.2, 0.25) is 5.91 Å². The number of hydrogen-bond acceptors (Lipinski definition) is 4. The average molecular weight is 410 g/mol. The maximum Gasteiger partial charge on any atom is 0.251 e. The lowest BCUT2D eigenvalue weighted by Gasteiger charge is -2.21. The van der Waals surface area contributed by atoms with Crippen molar-refractivity contribution in [2.24, 2.45) is 5.92 Å². The molecule has 0 radical (unpaired) electrons. The predicted molar refractivity (Wildman–Crippen MR) is 107 cm³/mol. The molecule has 0 aliphatic rings. The van der Waals surface area contributed by atoms with Crippen LogP contribution in [0.4, 0.5) is 0 Å². The number of carbonyl (C=O) groups excluding carboxylic acids is 2. The van der Waals surface area contributed by atoms with Crippen LogP contribution in [-0.2, 0) is 17.8 Å². The molecule has 7 nitrogen and oxygen atoms in total. The number of H-pyrrole nitrogens is 1. The molecule has 0 bridgehead atoms. The van der Waals surface area contributed by atoms with Gasteiger partial charge < -0.3 is 15.2 Å². The molecule has 3 N–H and O–H groups in total. The Balaban J connectivity index is 1.95. The SMILES string of the molecule is CCn1c(CCNC(=O)C(NC(=O)c2ccc(Cl)cc2)C(C)C)n[nH]c1=S. The minimum atomic E-state index is -0.639. The molecular weight excluding hydrogens is 386 g/mol. The molecule has 0 aliphatic heterocycles. The summed E-state index contributed by atoms with van der Waals surface area (Å²) < 4.78 is 2.44. The van der Waals surface area contributed by atoms with Crippen molar-refractivity contribution >= 4 is 35.6 Å². The van der Waals surface area contributed by atoms with Crippen LogP contribution in [0.2, 0.25) is 5.02 Å². The van der Waals surface area contributed by atoms with Crippen LogP contribution in [-0.4, -0.2) is 39.2 Å². The lowest BCUT2D eigenvalue weighted by Crippen LogP contribution is -2.50. The Morgan fingerprint density at radius 2 is 1.96 bits per heavy atom. The zero-order valence-corrected chi connectivity index (χ0v) is 17.2. The zero-order chi connectivity index (χ0) is 20.0. The van der Waals surface area contributed by atoms with Crippen molar-refractivity contribution in [3.05, 3.63) is 45.4 Å². The van der Waals surface area contributed by atoms with Crippen LogP contribution in [0.15, 0.2) is 24.3 Å². The molecule has 1 unspecified atom stereocenters. The second kappa shape index (κ2) is 9.66. The van der Waals surface area contributed by atoms with Crippen molar-refractivity contribution < 1.29 is 9.59 Å². The fraction of sp³-hybridized carbons (Fsp3) is 0.444. The maximum atomic E-state index is 12.6. The minimum absolute atomic E-state index is 0.0635. The van der Waals surface area contributed by atoms with Crippen LogP contribution >= 0.6 is 23.8 Å². The molecule has 0 spiro atoms. The van der Waals surface area contributed by atoms with Gasteiger partial charge in [-0.1, -0.05) is 25.4 Å². The standard InChI is InChI=1S/C18H24ClN5O2S/c1-4-24-14(22-23-18(24)27)9-10-20-17(26)15(11(2)3)21-16(25)12-5-7-13(19)8-6-12/h5-8,11,15H,4,9-10H2,1-3H3,(H,20,26)(H,21,25)(H,23,27). The third-order valence-electron chi connectivity index (χ3n) is 4.14. The highest BCUT2D eigenvalue weighted by Gasteiger charge is 2.24. The number of hydrogen-bond donors (Lipinski definition) is 3. The van der Waals surface area contributed by atoms with Crippen molar-refractivity contribution in [2.75, 3.05) is 6.54 Å². The lowest BCUT2D eigenvalue weighted by atomic mass is 10.0. The summed E-state index contributed by atoms with van der Waals surface area (Å²) >= 11 is 11.0. The molecule has 146 valence electrons. The first-order valence-corrected chi connectivity index (χ1v) is 9.60. The molecule has 2 rings (SSSR count). The van der Waals surface area contributed by atoms with Gasteiger partial charge in [0.25, 0.3) is 5.91 Å². The highest BCUT2D eigenvalue weighted by Crippen LogP contribution is 2.11. The van der Waals surface area contributed by atoms with E-state index in [2.05, 4.69) is 20.8 Å². The monoisotopic (exact) mass is 409 g/mol. The molecule has 0 saturated carbocycles. The van der Waals surface area contributed by atoms with E-state index in [-0.39, 0.29) is 17.7 Å². The van der Waals surface area contributed by atoms with Gasteiger partial charge in [-0.2, -0.15) is 5.10 Å². The van der Waals surface area contributed by atoms with E-state index in [0.29, 0.717) is 34.9 Å². The van der Waals surface area contributed by atoms with Gasteiger partial charge in [0.05, 0.1) is 0 Å². The third kappa shape index (κ3) is 5.64. The van der Waals surface area contributed by atoms with Crippen molar-refractivity contribution in [1.82, 2.24) is 25.4 Å². The Morgan fingerprint density at radius 1 is 1.30 bits per heavy atom. The largest absolute Gasteiger partial charge is 0.354 e. The van der Waals surface area contributed by atoms with Gasteiger partial charge in [-0.25, -0.2) is 0 Å². The first-order valence-electron chi connectivity index (χ1n) is 8.81. The van der Waals surface area contributed by atoms with Crippen LogP contribution in [0, 0.1) is 10.7 Å². The summed E-state index contributed by atoms with van der Waals surface area (Å²) in [7, 11) is 0. The Bertz CT molecular complexity index is 844. The first-order chi connectivity index (χ1) is 12.8. The van der Waals surface area contributed by atoms with Gasteiger partial charge >= 0.3 is 0 Å². The summed E-state index contributed by atoms with van der Waals surface area (Å²) in [6.45, 7) is 6.86. The number of halogens is 1. The van der Waals surface area contributed by atoms with Crippen molar-refractivity contribution in [1.29, 1.82) is 0 Å². The van der Waals surface area contributed by atoms with Crippen LogP contribution in [0.5, 0.6) is 0 Å². The lowest BCUT2D eigenvalue weighted by molar-refractivity contribution is -0.123. The quantitative estimate of drug-likeness (QED) is 0.584. The Kier molecular flexibility index (Phi) is 7.55. The van der Waals surface area contributed by atoms with Crippen LogP contribution < -0.4 is 10.6 Å². The molecule has 1 atom stereocenters. The van der Waals surface area contributed by atoms with Crippen LogP contribution in [0.1, 0.15) is 37.0 Å². The van der Waals surface area contributed by atoms with E-state index < -0.39 is 6.04 Å². The number of rotatable bonds is 8. The Morgan fingerprint density at radius 3 is 2.56 bits per heavy atom. The van der Waals surface area contributed by atoms with Crippen LogP contribution in [0.25, 0.3) is 0 Å². The number of carbonyl (C=O) groups is 2. The highest BCUT2D eigenvalue weighted by molar-refractivity contribution is 7.71. The molecule has 0 saturated heterocycles. The summed E-state index contributed by atoms with van der Waals surface area (Å²) in [5.74, 6) is 0.178. The molecule has 2 amide bonds. The van der Waals surface area contributed by atoms with Gasteiger partial charge in [-0.3, -0.25) is 14.7 Å². The fourth-order valence-electron chi connectivity index (χ4n) is 2.64. The number of amides is 2. The third-order valence-corrected chi connectivity index (χ3v) is 4.71. The van der Waals surface area contributed by atoms with E-state index in [1.54, 1.807) is 24.3 Å². The Labute approximate surface area is 168 Å². The topological polar surface area (TPSA) is 91.8 Å². The Hall–Kier alpha value is -2.19. The molecule has 1 aromatic carbocycles. The summed E-state index contributed by atoms with van der Waals surface area (Å²) in [4.78, 5) is 24.9. The normalized spacial score (nSPS) is 12.0. The summed E-state index contributed by atoms with van der Waals surface area (Å²) in [5, 5.41) is 13.1. The summed E-state index contributed by atoms with van der Waals surface area (Å²) in [6, 6.07) is 5.89. The van der Waals surface area contributed by atoms with Crippen LogP contribution in [0.3, 0.4) is 0 Å². The smallest absolute Gasteiger partial charge is 0.251 e. The number of nitrogens with zero attached hydrogens (tertiary/aromatic N) is 2. The second-order valence-electron chi connectivity index (χ2n) is 6.43. The van der Waals surface area contributed by atoms with Gasteiger partial charge in [-0.05, 0) is 49.3 Å². The molecule has 9 heteroatoms. The van der Waals surface area contributed by atoms with E-state index in [0.717, 1.165) is 5.82 Å². The molecular formula is C18H24ClN5O2S. The van der Waals surface area contributed by atoms with Crippen molar-refractivity contribution in [2.45, 2.75) is 39.8 Å². The zero-order valence-electron chi connectivity index (χ0n) is 15.6. The molecule has 1 heterocycles. The van der Waals surface area contributed by atoms with E-state index in [9.17, 15) is 9.59 Å². The van der Waals surface area contributed by atoms with E-state index in [1.807, 2.05) is 25.3 Å². The maximum absolute atomic E-state index is 12.6. The number of aromatic nitrogens is 3. The van der Waals surface area contributed by atoms with Crippen molar-refractivity contribution in [3.63, 3.8) is 0 Å². The van der Waals surface area contributed by atoms with E-state index in [4.69, 9.17) is 23.8 Å². The molecule has 0 fully saturated rings. The van der Waals surface area contributed by atoms with Crippen molar-refractivity contribution in [3.8, 4) is 0 Å². The van der Waals surface area contributed by atoms with Gasteiger partial charge in [0.1, 0.15) is 11.9 Å². The molecule has 27 heavy (non-hydrogen) atoms. The van der Waals surface area contributed by atoms with Gasteiger partial charge in [0, 0.05) is 30.1 Å². The van der Waals surface area contributed by atoms with E-state index in [1.165, 1.54) is 0 Å². The molecule has 1 aromatic heterocycles. The molecule has 0 aliphatic carbocycles. The summed E-state index contributed by atoms with van der Waals surface area (Å²) in [5.41, 5.74) is 0.455. The van der Waals surface area contributed by atoms with Gasteiger partial charge in [0.15, 0.2) is 4.77 Å². The minimum Gasteiger partial charge on any atom is -0.354 e. The predicted octanol–water partition coefficient (Wildman–Crippen LogP) is 2.73. The number of benzene rings is 1. The number of aromatic amines is 1. The first kappa shape index (κ1) is 21.1. The highest BCUT2D eigenvalue weighted by atomic mass is 35.5.